The number of fused-ring (bicyclic) bond motifs is 2. The van der Waals surface area contributed by atoms with Gasteiger partial charge in [-0.05, 0) is 58.3 Å². The molecule has 30 heavy (non-hydrogen) atoms. The van der Waals surface area contributed by atoms with E-state index in [-0.39, 0.29) is 5.43 Å². The van der Waals surface area contributed by atoms with Crippen LogP contribution in [0.2, 0.25) is 0 Å². The third-order valence-corrected chi connectivity index (χ3v) is 5.72. The zero-order chi connectivity index (χ0) is 20.7. The molecular weight excluding hydrogens is 370 g/mol. The van der Waals surface area contributed by atoms with E-state index in [2.05, 4.69) is 41.0 Å². The van der Waals surface area contributed by atoms with Crippen molar-refractivity contribution < 1.29 is 4.74 Å². The number of benzene rings is 4. The van der Waals surface area contributed by atoms with Crippen LogP contribution in [0, 0.1) is 0 Å². The van der Waals surface area contributed by atoms with Crippen molar-refractivity contribution >= 4 is 21.7 Å². The predicted molar refractivity (Wildman–Crippen MR) is 124 cm³/mol. The summed E-state index contributed by atoms with van der Waals surface area (Å²) in [5.41, 5.74) is 5.06. The molecule has 0 amide bonds. The standard InChI is InChI=1S/C27H21NO2/c1-28-25-10-6-5-9-22(25)27(29)17-26(28)24-16-20-8-4-3-7-19(20)15-23(24)18-11-13-21(30-2)14-12-18/h3-17H,1-2H3. The maximum absolute atomic E-state index is 12.9. The number of hydrogen-bond donors (Lipinski definition) is 0. The van der Waals surface area contributed by atoms with Crippen molar-refractivity contribution in [3.05, 3.63) is 101 Å². The smallest absolute Gasteiger partial charge is 0.190 e. The first kappa shape index (κ1) is 18.2. The number of para-hydroxylation sites is 1. The first-order valence-corrected chi connectivity index (χ1v) is 9.92. The van der Waals surface area contributed by atoms with E-state index in [1.165, 1.54) is 0 Å². The lowest BCUT2D eigenvalue weighted by molar-refractivity contribution is 0.415. The molecule has 0 fully saturated rings. The lowest BCUT2D eigenvalue weighted by atomic mass is 9.93. The number of rotatable bonds is 3. The van der Waals surface area contributed by atoms with E-state index in [4.69, 9.17) is 4.74 Å². The highest BCUT2D eigenvalue weighted by Crippen LogP contribution is 2.36. The van der Waals surface area contributed by atoms with Crippen LogP contribution in [-0.2, 0) is 7.05 Å². The maximum atomic E-state index is 12.9. The summed E-state index contributed by atoms with van der Waals surface area (Å²) >= 11 is 0. The number of hydrogen-bond acceptors (Lipinski definition) is 2. The normalized spacial score (nSPS) is 11.1. The van der Waals surface area contributed by atoms with Gasteiger partial charge in [-0.3, -0.25) is 4.79 Å². The Balaban J connectivity index is 1.85. The van der Waals surface area contributed by atoms with Gasteiger partial charge in [-0.1, -0.05) is 48.5 Å². The highest BCUT2D eigenvalue weighted by Gasteiger charge is 2.14. The minimum Gasteiger partial charge on any atom is -0.497 e. The monoisotopic (exact) mass is 391 g/mol. The van der Waals surface area contributed by atoms with Crippen LogP contribution in [0.25, 0.3) is 44.1 Å². The molecule has 3 nitrogen and oxygen atoms in total. The van der Waals surface area contributed by atoms with Crippen molar-refractivity contribution in [2.75, 3.05) is 7.11 Å². The molecule has 0 aliphatic heterocycles. The quantitative estimate of drug-likeness (QED) is 0.376. The summed E-state index contributed by atoms with van der Waals surface area (Å²) in [6, 6.07) is 30.2. The van der Waals surface area contributed by atoms with Crippen molar-refractivity contribution in [1.29, 1.82) is 0 Å². The van der Waals surface area contributed by atoms with E-state index in [0.717, 1.165) is 49.8 Å². The van der Waals surface area contributed by atoms with Gasteiger partial charge in [-0.15, -0.1) is 0 Å². The SMILES string of the molecule is COc1ccc(-c2cc3ccccc3cc2-c2cc(=O)c3ccccc3n2C)cc1. The largest absolute Gasteiger partial charge is 0.497 e. The minimum absolute atomic E-state index is 0.0348. The Morgan fingerprint density at radius 3 is 2.07 bits per heavy atom. The Labute approximate surface area is 174 Å². The highest BCUT2D eigenvalue weighted by molar-refractivity contribution is 5.97. The molecular formula is C27H21NO2. The van der Waals surface area contributed by atoms with Crippen LogP contribution in [0.3, 0.4) is 0 Å². The molecule has 1 aromatic heterocycles. The Morgan fingerprint density at radius 2 is 1.37 bits per heavy atom. The van der Waals surface area contributed by atoms with Gasteiger partial charge in [0.1, 0.15) is 5.75 Å². The summed E-state index contributed by atoms with van der Waals surface area (Å²) in [5.74, 6) is 0.819. The van der Waals surface area contributed by atoms with E-state index in [1.807, 2.05) is 55.6 Å². The van der Waals surface area contributed by atoms with Gasteiger partial charge in [-0.2, -0.15) is 0 Å². The average molecular weight is 391 g/mol. The van der Waals surface area contributed by atoms with Crippen LogP contribution >= 0.6 is 0 Å². The van der Waals surface area contributed by atoms with Gasteiger partial charge in [0.2, 0.25) is 0 Å². The van der Waals surface area contributed by atoms with Crippen LogP contribution in [0.4, 0.5) is 0 Å². The fourth-order valence-corrected chi connectivity index (χ4v) is 4.12. The molecule has 0 radical (unpaired) electrons. The van der Waals surface area contributed by atoms with E-state index in [1.54, 1.807) is 13.2 Å². The van der Waals surface area contributed by atoms with Crippen molar-refractivity contribution in [3.63, 3.8) is 0 Å². The second-order valence-electron chi connectivity index (χ2n) is 7.44. The van der Waals surface area contributed by atoms with Crippen LogP contribution in [0.1, 0.15) is 0 Å². The summed E-state index contributed by atoms with van der Waals surface area (Å²) < 4.78 is 7.43. The third-order valence-electron chi connectivity index (χ3n) is 5.72. The Bertz CT molecular complexity index is 1450. The number of methoxy groups -OCH3 is 1. The molecule has 0 bridgehead atoms. The Hall–Kier alpha value is -3.85. The number of aryl methyl sites for hydroxylation is 1. The van der Waals surface area contributed by atoms with Crippen LogP contribution < -0.4 is 10.2 Å². The van der Waals surface area contributed by atoms with E-state index >= 15 is 0 Å². The molecule has 0 saturated heterocycles. The zero-order valence-electron chi connectivity index (χ0n) is 16.9. The molecule has 5 rings (SSSR count). The van der Waals surface area contributed by atoms with Gasteiger partial charge < -0.3 is 9.30 Å². The topological polar surface area (TPSA) is 31.2 Å². The molecule has 5 aromatic rings. The first-order chi connectivity index (χ1) is 14.7. The second-order valence-corrected chi connectivity index (χ2v) is 7.44. The Morgan fingerprint density at radius 1 is 0.733 bits per heavy atom. The number of nitrogens with zero attached hydrogens (tertiary/aromatic N) is 1. The lowest BCUT2D eigenvalue weighted by Crippen LogP contribution is -2.09. The van der Waals surface area contributed by atoms with Crippen molar-refractivity contribution in [2.45, 2.75) is 0 Å². The van der Waals surface area contributed by atoms with Gasteiger partial charge in [0, 0.05) is 24.1 Å². The summed E-state index contributed by atoms with van der Waals surface area (Å²) in [5, 5.41) is 3.04. The molecule has 1 heterocycles. The number of ether oxygens (including phenoxy) is 1. The van der Waals surface area contributed by atoms with Crippen molar-refractivity contribution in [1.82, 2.24) is 4.57 Å². The van der Waals surface area contributed by atoms with Gasteiger partial charge in [0.15, 0.2) is 5.43 Å². The summed E-state index contributed by atoms with van der Waals surface area (Å²) in [4.78, 5) is 12.9. The molecule has 0 saturated carbocycles. The second kappa shape index (κ2) is 7.20. The molecule has 0 spiro atoms. The summed E-state index contributed by atoms with van der Waals surface area (Å²) in [6.07, 6.45) is 0. The van der Waals surface area contributed by atoms with Gasteiger partial charge in [0.25, 0.3) is 0 Å². The molecule has 0 aliphatic rings. The predicted octanol–water partition coefficient (Wildman–Crippen LogP) is 6.03. The molecule has 146 valence electrons. The number of pyridine rings is 1. The molecule has 0 aliphatic carbocycles. The zero-order valence-corrected chi connectivity index (χ0v) is 16.9. The molecule has 0 N–H and O–H groups in total. The van der Waals surface area contributed by atoms with Gasteiger partial charge in [-0.25, -0.2) is 0 Å². The molecule has 0 atom stereocenters. The highest BCUT2D eigenvalue weighted by atomic mass is 16.5. The van der Waals surface area contributed by atoms with E-state index in [0.29, 0.717) is 0 Å². The Kier molecular flexibility index (Phi) is 4.36. The maximum Gasteiger partial charge on any atom is 0.190 e. The first-order valence-electron chi connectivity index (χ1n) is 9.92. The lowest BCUT2D eigenvalue weighted by Gasteiger charge is -2.17. The van der Waals surface area contributed by atoms with Crippen LogP contribution in [-0.4, -0.2) is 11.7 Å². The van der Waals surface area contributed by atoms with E-state index in [9.17, 15) is 4.79 Å². The van der Waals surface area contributed by atoms with Crippen LogP contribution in [0.15, 0.2) is 95.8 Å². The fraction of sp³-hybridized carbons (Fsp3) is 0.0741. The van der Waals surface area contributed by atoms with Crippen LogP contribution in [0.5, 0.6) is 5.75 Å². The summed E-state index contributed by atoms with van der Waals surface area (Å²) in [7, 11) is 3.69. The average Bonchev–Trinajstić information content (AvgIpc) is 2.80. The van der Waals surface area contributed by atoms with Crippen molar-refractivity contribution in [3.8, 4) is 28.1 Å². The third kappa shape index (κ3) is 2.96. The molecule has 4 aromatic carbocycles. The van der Waals surface area contributed by atoms with Gasteiger partial charge in [0.05, 0.1) is 18.3 Å². The molecule has 0 unspecified atom stereocenters. The fourth-order valence-electron chi connectivity index (χ4n) is 4.12. The number of aromatic nitrogens is 1. The minimum atomic E-state index is 0.0348. The summed E-state index contributed by atoms with van der Waals surface area (Å²) in [6.45, 7) is 0. The molecule has 3 heteroatoms. The van der Waals surface area contributed by atoms with E-state index < -0.39 is 0 Å². The van der Waals surface area contributed by atoms with Gasteiger partial charge >= 0.3 is 0 Å². The van der Waals surface area contributed by atoms with Crippen molar-refractivity contribution in [2.24, 2.45) is 7.05 Å².